The van der Waals surface area contributed by atoms with Gasteiger partial charge in [0.05, 0.1) is 0 Å². The molecule has 1 saturated heterocycles. The van der Waals surface area contributed by atoms with Crippen molar-refractivity contribution >= 4 is 23.5 Å². The van der Waals surface area contributed by atoms with Gasteiger partial charge in [-0.1, -0.05) is 0 Å². The molecule has 2 rings (SSSR count). The fraction of sp³-hybridized carbons (Fsp3) is 0.727. The van der Waals surface area contributed by atoms with E-state index in [1.54, 1.807) is 7.05 Å². The minimum atomic E-state index is 0.206. The van der Waals surface area contributed by atoms with Crippen LogP contribution in [0.1, 0.15) is 19.8 Å². The second-order valence-corrected chi connectivity index (χ2v) is 5.03. The van der Waals surface area contributed by atoms with Crippen LogP contribution in [0.15, 0.2) is 0 Å². The summed E-state index contributed by atoms with van der Waals surface area (Å²) in [6.07, 6.45) is 2.16. The second-order valence-electron chi connectivity index (χ2n) is 4.70. The Morgan fingerprint density at radius 3 is 2.67 bits per heavy atom. The standard InChI is InChI=1S/C11H19ClN6/c1-7-6-8(4-5-18(7)3)14-11-16-9(12)15-10(13-2)17-11/h7-8H,4-6H2,1-3H3,(H2,13,14,15,16,17). The molecule has 1 aliphatic rings. The van der Waals surface area contributed by atoms with Crippen molar-refractivity contribution in [2.24, 2.45) is 0 Å². The summed E-state index contributed by atoms with van der Waals surface area (Å²) in [6.45, 7) is 3.31. The van der Waals surface area contributed by atoms with E-state index < -0.39 is 0 Å². The number of piperidine rings is 1. The minimum Gasteiger partial charge on any atom is -0.357 e. The molecule has 100 valence electrons. The molecule has 0 saturated carbocycles. The molecule has 6 nitrogen and oxygen atoms in total. The van der Waals surface area contributed by atoms with Gasteiger partial charge in [-0.05, 0) is 38.4 Å². The van der Waals surface area contributed by atoms with Crippen LogP contribution in [0, 0.1) is 0 Å². The van der Waals surface area contributed by atoms with E-state index in [-0.39, 0.29) is 5.28 Å². The lowest BCUT2D eigenvalue weighted by Gasteiger charge is -2.35. The normalized spacial score (nSPS) is 24.9. The van der Waals surface area contributed by atoms with Crippen molar-refractivity contribution in [1.29, 1.82) is 0 Å². The number of likely N-dealkylation sites (tertiary alicyclic amines) is 1. The Bertz CT molecular complexity index is 413. The van der Waals surface area contributed by atoms with E-state index >= 15 is 0 Å². The molecule has 7 heteroatoms. The molecule has 1 aliphatic heterocycles. The fourth-order valence-corrected chi connectivity index (χ4v) is 2.29. The van der Waals surface area contributed by atoms with Crippen molar-refractivity contribution in [3.05, 3.63) is 5.28 Å². The summed E-state index contributed by atoms with van der Waals surface area (Å²) in [5.41, 5.74) is 0. The summed E-state index contributed by atoms with van der Waals surface area (Å²) in [5, 5.41) is 6.41. The zero-order valence-electron chi connectivity index (χ0n) is 10.9. The SMILES string of the molecule is CNc1nc(Cl)nc(NC2CCN(C)C(C)C2)n1. The average Bonchev–Trinajstić information content (AvgIpc) is 2.33. The molecule has 0 radical (unpaired) electrons. The van der Waals surface area contributed by atoms with E-state index in [4.69, 9.17) is 11.6 Å². The molecule has 1 aromatic rings. The maximum atomic E-state index is 5.85. The fourth-order valence-electron chi connectivity index (χ4n) is 2.13. The predicted octanol–water partition coefficient (Wildman–Crippen LogP) is 1.46. The van der Waals surface area contributed by atoms with E-state index in [9.17, 15) is 0 Å². The smallest absolute Gasteiger partial charge is 0.229 e. The van der Waals surface area contributed by atoms with Gasteiger partial charge in [-0.15, -0.1) is 0 Å². The van der Waals surface area contributed by atoms with Crippen molar-refractivity contribution in [2.75, 3.05) is 31.3 Å². The molecule has 2 unspecified atom stereocenters. The Kier molecular flexibility index (Phi) is 4.19. The third-order valence-electron chi connectivity index (χ3n) is 3.37. The summed E-state index contributed by atoms with van der Waals surface area (Å²) in [5.74, 6) is 1.03. The summed E-state index contributed by atoms with van der Waals surface area (Å²) in [7, 11) is 3.91. The van der Waals surface area contributed by atoms with Gasteiger partial charge in [0, 0.05) is 25.7 Å². The van der Waals surface area contributed by atoms with Gasteiger partial charge < -0.3 is 15.5 Å². The molecule has 0 aliphatic carbocycles. The molecule has 1 aromatic heterocycles. The number of rotatable bonds is 3. The molecule has 0 amide bonds. The van der Waals surface area contributed by atoms with E-state index in [0.29, 0.717) is 24.0 Å². The van der Waals surface area contributed by atoms with Gasteiger partial charge >= 0.3 is 0 Å². The van der Waals surface area contributed by atoms with Crippen LogP contribution in [0.25, 0.3) is 0 Å². The van der Waals surface area contributed by atoms with Gasteiger partial charge in [0.1, 0.15) is 0 Å². The van der Waals surface area contributed by atoms with Crippen LogP contribution in [0.4, 0.5) is 11.9 Å². The zero-order chi connectivity index (χ0) is 13.1. The maximum absolute atomic E-state index is 5.85. The van der Waals surface area contributed by atoms with Gasteiger partial charge in [0.15, 0.2) is 0 Å². The largest absolute Gasteiger partial charge is 0.357 e. The molecule has 1 fully saturated rings. The monoisotopic (exact) mass is 270 g/mol. The van der Waals surface area contributed by atoms with Crippen molar-refractivity contribution in [2.45, 2.75) is 31.8 Å². The number of hydrogen-bond donors (Lipinski definition) is 2. The van der Waals surface area contributed by atoms with Crippen LogP contribution in [-0.4, -0.2) is 52.6 Å². The van der Waals surface area contributed by atoms with Crippen LogP contribution < -0.4 is 10.6 Å². The molecule has 0 aromatic carbocycles. The van der Waals surface area contributed by atoms with Crippen molar-refractivity contribution in [1.82, 2.24) is 19.9 Å². The predicted molar refractivity (Wildman–Crippen MR) is 73.1 cm³/mol. The third-order valence-corrected chi connectivity index (χ3v) is 3.54. The lowest BCUT2D eigenvalue weighted by Crippen LogP contribution is -2.42. The van der Waals surface area contributed by atoms with Crippen molar-refractivity contribution in [3.8, 4) is 0 Å². The van der Waals surface area contributed by atoms with Crippen LogP contribution >= 0.6 is 11.6 Å². The highest BCUT2D eigenvalue weighted by Crippen LogP contribution is 2.19. The second kappa shape index (κ2) is 5.67. The number of nitrogens with zero attached hydrogens (tertiary/aromatic N) is 4. The highest BCUT2D eigenvalue weighted by Gasteiger charge is 2.23. The topological polar surface area (TPSA) is 66.0 Å². The lowest BCUT2D eigenvalue weighted by molar-refractivity contribution is 0.190. The first-order valence-corrected chi connectivity index (χ1v) is 6.52. The Hall–Kier alpha value is -1.14. The summed E-state index contributed by atoms with van der Waals surface area (Å²) >= 11 is 5.85. The minimum absolute atomic E-state index is 0.206. The van der Waals surface area contributed by atoms with E-state index in [2.05, 4.69) is 44.5 Å². The van der Waals surface area contributed by atoms with Gasteiger partial charge in [0.25, 0.3) is 0 Å². The molecule has 0 spiro atoms. The van der Waals surface area contributed by atoms with Crippen LogP contribution in [0.5, 0.6) is 0 Å². The Morgan fingerprint density at radius 2 is 2.00 bits per heavy atom. The highest BCUT2D eigenvalue weighted by molar-refractivity contribution is 6.28. The lowest BCUT2D eigenvalue weighted by atomic mass is 9.99. The first-order valence-electron chi connectivity index (χ1n) is 6.14. The Labute approximate surface area is 112 Å². The van der Waals surface area contributed by atoms with E-state index in [1.807, 2.05) is 0 Å². The van der Waals surface area contributed by atoms with Crippen LogP contribution in [-0.2, 0) is 0 Å². The molecular weight excluding hydrogens is 252 g/mol. The Morgan fingerprint density at radius 1 is 1.28 bits per heavy atom. The van der Waals surface area contributed by atoms with Crippen molar-refractivity contribution < 1.29 is 0 Å². The van der Waals surface area contributed by atoms with Crippen LogP contribution in [0.3, 0.4) is 0 Å². The molecule has 0 bridgehead atoms. The number of hydrogen-bond acceptors (Lipinski definition) is 6. The first kappa shape index (κ1) is 13.3. The third kappa shape index (κ3) is 3.20. The number of aromatic nitrogens is 3. The quantitative estimate of drug-likeness (QED) is 0.867. The zero-order valence-corrected chi connectivity index (χ0v) is 11.7. The van der Waals surface area contributed by atoms with Gasteiger partial charge in [0.2, 0.25) is 17.2 Å². The van der Waals surface area contributed by atoms with Gasteiger partial charge in [-0.3, -0.25) is 0 Å². The molecular formula is C11H19ClN6. The Balaban J connectivity index is 2.03. The maximum Gasteiger partial charge on any atom is 0.229 e. The number of anilines is 2. The van der Waals surface area contributed by atoms with Gasteiger partial charge in [-0.25, -0.2) is 0 Å². The van der Waals surface area contributed by atoms with E-state index in [1.165, 1.54) is 0 Å². The summed E-state index contributed by atoms with van der Waals surface area (Å²) in [4.78, 5) is 14.7. The number of halogens is 1. The summed E-state index contributed by atoms with van der Waals surface area (Å²) < 4.78 is 0. The number of nitrogens with one attached hydrogen (secondary N) is 2. The van der Waals surface area contributed by atoms with Gasteiger partial charge in [-0.2, -0.15) is 15.0 Å². The van der Waals surface area contributed by atoms with Crippen LogP contribution in [0.2, 0.25) is 5.28 Å². The first-order chi connectivity index (χ1) is 8.58. The molecule has 2 N–H and O–H groups in total. The highest BCUT2D eigenvalue weighted by atomic mass is 35.5. The molecule has 18 heavy (non-hydrogen) atoms. The van der Waals surface area contributed by atoms with E-state index in [0.717, 1.165) is 19.4 Å². The summed E-state index contributed by atoms with van der Waals surface area (Å²) in [6, 6.07) is 0.955. The van der Waals surface area contributed by atoms with Crippen molar-refractivity contribution in [3.63, 3.8) is 0 Å². The average molecular weight is 271 g/mol. The molecule has 2 heterocycles. The molecule has 2 atom stereocenters.